The second-order valence-corrected chi connectivity index (χ2v) is 7.29. The number of hydrogen-bond acceptors (Lipinski definition) is 5. The number of aromatic nitrogens is 2. The van der Waals surface area contributed by atoms with Crippen molar-refractivity contribution in [3.63, 3.8) is 0 Å². The quantitative estimate of drug-likeness (QED) is 0.685. The molecule has 8 heteroatoms. The van der Waals surface area contributed by atoms with Gasteiger partial charge in [-0.2, -0.15) is 4.98 Å². The molecule has 2 aromatic heterocycles. The lowest BCUT2D eigenvalue weighted by atomic mass is 10.1. The Kier molecular flexibility index (Phi) is 4.50. The summed E-state index contributed by atoms with van der Waals surface area (Å²) in [6.07, 6.45) is 0.827. The molecule has 1 aliphatic heterocycles. The van der Waals surface area contributed by atoms with E-state index < -0.39 is 11.6 Å². The fraction of sp³-hybridized carbons (Fsp3) is 0.278. The number of halogens is 2. The van der Waals surface area contributed by atoms with Crippen LogP contribution in [0.2, 0.25) is 0 Å². The van der Waals surface area contributed by atoms with Crippen LogP contribution in [0.25, 0.3) is 0 Å². The molecule has 0 bridgehead atoms. The fourth-order valence-electron chi connectivity index (χ4n) is 3.09. The maximum Gasteiger partial charge on any atom is 0.231 e. The standard InChI is InChI=1S/C18H15F2N3O2S/c19-13-4-11(5-14(20)7-13)9-23-10-12(6-17(23)24)18-21-16(25-22-18)8-15-2-1-3-26-15/h1-5,7,12H,6,8-10H2. The van der Waals surface area contributed by atoms with Gasteiger partial charge in [-0.15, -0.1) is 11.3 Å². The number of thiophene rings is 1. The van der Waals surface area contributed by atoms with Crippen LogP contribution in [0.1, 0.15) is 34.5 Å². The van der Waals surface area contributed by atoms with E-state index in [0.29, 0.717) is 30.2 Å². The molecule has 0 saturated carbocycles. The van der Waals surface area contributed by atoms with Gasteiger partial charge < -0.3 is 9.42 Å². The van der Waals surface area contributed by atoms with Crippen molar-refractivity contribution in [1.82, 2.24) is 15.0 Å². The smallest absolute Gasteiger partial charge is 0.231 e. The summed E-state index contributed by atoms with van der Waals surface area (Å²) in [7, 11) is 0. The summed E-state index contributed by atoms with van der Waals surface area (Å²) < 4.78 is 31.9. The van der Waals surface area contributed by atoms with E-state index in [4.69, 9.17) is 4.52 Å². The van der Waals surface area contributed by atoms with Gasteiger partial charge in [0.25, 0.3) is 0 Å². The lowest BCUT2D eigenvalue weighted by molar-refractivity contribution is -0.128. The Hall–Kier alpha value is -2.61. The van der Waals surface area contributed by atoms with Crippen molar-refractivity contribution < 1.29 is 18.1 Å². The van der Waals surface area contributed by atoms with Gasteiger partial charge in [-0.1, -0.05) is 11.2 Å². The lowest BCUT2D eigenvalue weighted by Gasteiger charge is -2.16. The molecule has 134 valence electrons. The van der Waals surface area contributed by atoms with E-state index >= 15 is 0 Å². The topological polar surface area (TPSA) is 59.2 Å². The van der Waals surface area contributed by atoms with Gasteiger partial charge in [-0.25, -0.2) is 8.78 Å². The Morgan fingerprint density at radius 1 is 1.27 bits per heavy atom. The summed E-state index contributed by atoms with van der Waals surface area (Å²) in [5.41, 5.74) is 0.419. The minimum absolute atomic E-state index is 0.0933. The van der Waals surface area contributed by atoms with Crippen LogP contribution in [0.4, 0.5) is 8.78 Å². The lowest BCUT2D eigenvalue weighted by Crippen LogP contribution is -2.24. The van der Waals surface area contributed by atoms with E-state index in [1.165, 1.54) is 12.1 Å². The van der Waals surface area contributed by atoms with Crippen LogP contribution in [0, 0.1) is 11.6 Å². The first-order valence-electron chi connectivity index (χ1n) is 8.14. The van der Waals surface area contributed by atoms with Gasteiger partial charge in [0.05, 0.1) is 6.42 Å². The Morgan fingerprint density at radius 2 is 2.08 bits per heavy atom. The molecule has 5 nitrogen and oxygen atoms in total. The number of carbonyl (C=O) groups excluding carboxylic acids is 1. The largest absolute Gasteiger partial charge is 0.339 e. The summed E-state index contributed by atoms with van der Waals surface area (Å²) in [4.78, 5) is 19.3. The molecule has 0 aliphatic carbocycles. The van der Waals surface area contributed by atoms with Gasteiger partial charge >= 0.3 is 0 Å². The second-order valence-electron chi connectivity index (χ2n) is 6.26. The van der Waals surface area contributed by atoms with Crippen LogP contribution in [0.5, 0.6) is 0 Å². The third kappa shape index (κ3) is 3.65. The van der Waals surface area contributed by atoms with Gasteiger partial charge in [-0.3, -0.25) is 4.79 Å². The minimum atomic E-state index is -0.653. The molecule has 0 N–H and O–H groups in total. The zero-order valence-corrected chi connectivity index (χ0v) is 14.5. The van der Waals surface area contributed by atoms with Crippen molar-refractivity contribution in [2.45, 2.75) is 25.3 Å². The number of amides is 1. The molecule has 0 radical (unpaired) electrons. The third-order valence-corrected chi connectivity index (χ3v) is 5.14. The van der Waals surface area contributed by atoms with Gasteiger partial charge in [0.15, 0.2) is 5.82 Å². The van der Waals surface area contributed by atoms with Crippen molar-refractivity contribution in [3.8, 4) is 0 Å². The molecule has 1 aromatic carbocycles. The number of rotatable bonds is 5. The van der Waals surface area contributed by atoms with Crippen LogP contribution in [0.3, 0.4) is 0 Å². The first kappa shape index (κ1) is 16.8. The molecule has 3 heterocycles. The average molecular weight is 375 g/mol. The minimum Gasteiger partial charge on any atom is -0.339 e. The highest BCUT2D eigenvalue weighted by molar-refractivity contribution is 7.09. The molecule has 1 fully saturated rings. The predicted molar refractivity (Wildman–Crippen MR) is 90.6 cm³/mol. The highest BCUT2D eigenvalue weighted by atomic mass is 32.1. The van der Waals surface area contributed by atoms with E-state index in [-0.39, 0.29) is 24.8 Å². The van der Waals surface area contributed by atoms with E-state index in [0.717, 1.165) is 10.9 Å². The molecular weight excluding hydrogens is 360 g/mol. The van der Waals surface area contributed by atoms with Crippen LogP contribution < -0.4 is 0 Å². The maximum atomic E-state index is 13.3. The predicted octanol–water partition coefficient (Wildman–Crippen LogP) is 3.52. The highest BCUT2D eigenvalue weighted by Crippen LogP contribution is 2.28. The van der Waals surface area contributed by atoms with E-state index in [9.17, 15) is 13.6 Å². The summed E-state index contributed by atoms with van der Waals surface area (Å²) in [6, 6.07) is 7.23. The summed E-state index contributed by atoms with van der Waals surface area (Å²) in [5.74, 6) is -0.566. The SMILES string of the molecule is O=C1CC(c2noc(Cc3cccs3)n2)CN1Cc1cc(F)cc(F)c1. The molecular formula is C18H15F2N3O2S. The normalized spacial score (nSPS) is 17.2. The van der Waals surface area contributed by atoms with Gasteiger partial charge in [-0.05, 0) is 29.1 Å². The second kappa shape index (κ2) is 6.95. The van der Waals surface area contributed by atoms with E-state index in [1.54, 1.807) is 16.2 Å². The maximum absolute atomic E-state index is 13.3. The van der Waals surface area contributed by atoms with Crippen LogP contribution >= 0.6 is 11.3 Å². The summed E-state index contributed by atoms with van der Waals surface area (Å²) in [5, 5.41) is 5.98. The number of likely N-dealkylation sites (tertiary alicyclic amines) is 1. The van der Waals surface area contributed by atoms with Crippen molar-refractivity contribution >= 4 is 17.2 Å². The van der Waals surface area contributed by atoms with Gasteiger partial charge in [0.1, 0.15) is 11.6 Å². The molecule has 1 unspecified atom stereocenters. The summed E-state index contributed by atoms with van der Waals surface area (Å²) >= 11 is 1.61. The number of hydrogen-bond donors (Lipinski definition) is 0. The zero-order chi connectivity index (χ0) is 18.1. The summed E-state index contributed by atoms with van der Waals surface area (Å²) in [6.45, 7) is 0.554. The van der Waals surface area contributed by atoms with Crippen molar-refractivity contribution in [1.29, 1.82) is 0 Å². The Bertz CT molecular complexity index is 906. The van der Waals surface area contributed by atoms with Crippen molar-refractivity contribution in [2.75, 3.05) is 6.54 Å². The van der Waals surface area contributed by atoms with Crippen LogP contribution in [-0.2, 0) is 17.8 Å². The Morgan fingerprint density at radius 3 is 2.81 bits per heavy atom. The monoisotopic (exact) mass is 375 g/mol. The van der Waals surface area contributed by atoms with Gasteiger partial charge in [0.2, 0.25) is 11.8 Å². The number of benzene rings is 1. The number of carbonyl (C=O) groups is 1. The molecule has 0 spiro atoms. The Labute approximate surface area is 152 Å². The van der Waals surface area contributed by atoms with Gasteiger partial charge in [0, 0.05) is 36.4 Å². The molecule has 4 rings (SSSR count). The Balaban J connectivity index is 1.43. The van der Waals surface area contributed by atoms with E-state index in [2.05, 4.69) is 10.1 Å². The van der Waals surface area contributed by atoms with Crippen molar-refractivity contribution in [3.05, 3.63) is 69.5 Å². The molecule has 26 heavy (non-hydrogen) atoms. The molecule has 3 aromatic rings. The van der Waals surface area contributed by atoms with E-state index in [1.807, 2.05) is 17.5 Å². The van der Waals surface area contributed by atoms with Crippen LogP contribution in [0.15, 0.2) is 40.2 Å². The molecule has 1 amide bonds. The average Bonchev–Trinajstić information content (AvgIpc) is 3.30. The van der Waals surface area contributed by atoms with Crippen LogP contribution in [-0.4, -0.2) is 27.5 Å². The molecule has 1 atom stereocenters. The molecule has 1 aliphatic rings. The first-order valence-corrected chi connectivity index (χ1v) is 9.02. The third-order valence-electron chi connectivity index (χ3n) is 4.26. The zero-order valence-electron chi connectivity index (χ0n) is 13.7. The molecule has 1 saturated heterocycles. The number of nitrogens with zero attached hydrogens (tertiary/aromatic N) is 3. The highest BCUT2D eigenvalue weighted by Gasteiger charge is 2.33. The fourth-order valence-corrected chi connectivity index (χ4v) is 3.78. The first-order chi connectivity index (χ1) is 12.6. The van der Waals surface area contributed by atoms with Crippen molar-refractivity contribution in [2.24, 2.45) is 0 Å².